The van der Waals surface area contributed by atoms with Crippen molar-refractivity contribution < 1.29 is 19.4 Å². The van der Waals surface area contributed by atoms with Gasteiger partial charge in [0.2, 0.25) is 0 Å². The van der Waals surface area contributed by atoms with Crippen LogP contribution in [0.1, 0.15) is 38.3 Å². The summed E-state index contributed by atoms with van der Waals surface area (Å²) < 4.78 is 5.70. The maximum atomic E-state index is 13.2. The quantitative estimate of drug-likeness (QED) is 0.388. The van der Waals surface area contributed by atoms with Gasteiger partial charge in [-0.1, -0.05) is 42.0 Å². The number of Topliss-reactive ketones (excluding diaryl/α,β-unsaturated/α-hetero) is 1. The molecule has 38 heavy (non-hydrogen) atoms. The second-order valence-electron chi connectivity index (χ2n) is 9.47. The summed E-state index contributed by atoms with van der Waals surface area (Å²) in [6, 6.07) is 20.4. The zero-order valence-corrected chi connectivity index (χ0v) is 22.8. The molecule has 0 spiro atoms. The van der Waals surface area contributed by atoms with Crippen LogP contribution in [0.5, 0.6) is 5.75 Å². The number of para-hydroxylation sites is 1. The molecule has 0 saturated carbocycles. The van der Waals surface area contributed by atoms with Gasteiger partial charge in [0.05, 0.1) is 12.3 Å². The zero-order chi connectivity index (χ0) is 26.2. The highest BCUT2D eigenvalue weighted by Gasteiger charge is 2.18. The fraction of sp³-hybridized carbons (Fsp3) is 0.333. The van der Waals surface area contributed by atoms with E-state index in [0.717, 1.165) is 43.9 Å². The molecule has 1 saturated heterocycles. The fourth-order valence-electron chi connectivity index (χ4n) is 4.47. The lowest BCUT2D eigenvalue weighted by molar-refractivity contribution is 0.0988. The Morgan fingerprint density at radius 2 is 1.63 bits per heavy atom. The molecule has 0 unspecified atom stereocenters. The first-order chi connectivity index (χ1) is 17.9. The summed E-state index contributed by atoms with van der Waals surface area (Å²) in [7, 11) is 2.14. The Bertz CT molecular complexity index is 1220. The minimum Gasteiger partial charge on any atom is -0.489 e. The molecule has 1 heterocycles. The number of hydrogen-bond donors (Lipinski definition) is 2. The number of anilines is 2. The molecule has 0 atom stereocenters. The van der Waals surface area contributed by atoms with E-state index in [2.05, 4.69) is 22.2 Å². The number of amides is 1. The summed E-state index contributed by atoms with van der Waals surface area (Å²) in [5.41, 5.74) is 4.41. The number of halogens is 1. The highest BCUT2D eigenvalue weighted by Crippen LogP contribution is 2.31. The molecule has 8 heteroatoms. The summed E-state index contributed by atoms with van der Waals surface area (Å²) in [6.45, 7) is 5.94. The lowest BCUT2D eigenvalue weighted by Gasteiger charge is -2.23. The maximum Gasteiger partial charge on any atom is 0.255 e. The molecule has 4 rings (SSSR count). The monoisotopic (exact) mass is 537 g/mol. The minimum absolute atomic E-state index is 0. The number of carbonyl (C=O) groups excluding carboxylic acids is 2. The molecule has 0 aliphatic carbocycles. The second kappa shape index (κ2) is 14.0. The number of hydrogen-bond acceptors (Lipinski definition) is 6. The van der Waals surface area contributed by atoms with Crippen molar-refractivity contribution in [2.75, 3.05) is 56.7 Å². The standard InChI is InChI=1S/C30H35N3O4.ClH/c1-22-7-9-23(10-8-22)27(35)21-25-5-3-6-28(37-20-19-34)29(25)31-30(36)24-11-13-26(14-12-24)33-16-4-15-32(2)17-18-33;/h3,5-14,34H,4,15-21H2,1-2H3,(H,31,36);1H. The number of rotatable bonds is 9. The Kier molecular flexibility index (Phi) is 10.7. The van der Waals surface area contributed by atoms with Gasteiger partial charge >= 0.3 is 0 Å². The van der Waals surface area contributed by atoms with Gasteiger partial charge in [0, 0.05) is 42.9 Å². The first kappa shape index (κ1) is 29.2. The Labute approximate surface area is 230 Å². The van der Waals surface area contributed by atoms with Crippen LogP contribution in [0.25, 0.3) is 0 Å². The number of aliphatic hydroxyl groups is 1. The summed E-state index contributed by atoms with van der Waals surface area (Å²) in [6.07, 6.45) is 1.21. The van der Waals surface area contributed by atoms with Crippen LogP contribution in [-0.2, 0) is 6.42 Å². The number of aryl methyl sites for hydroxylation is 1. The minimum atomic E-state index is -0.286. The van der Waals surface area contributed by atoms with E-state index in [0.29, 0.717) is 28.1 Å². The Morgan fingerprint density at radius 1 is 0.921 bits per heavy atom. The van der Waals surface area contributed by atoms with Crippen LogP contribution < -0.4 is 15.0 Å². The van der Waals surface area contributed by atoms with Gasteiger partial charge in [-0.25, -0.2) is 0 Å². The summed E-state index contributed by atoms with van der Waals surface area (Å²) in [4.78, 5) is 30.9. The molecule has 3 aromatic rings. The first-order valence-electron chi connectivity index (χ1n) is 12.7. The van der Waals surface area contributed by atoms with Gasteiger partial charge < -0.3 is 25.0 Å². The smallest absolute Gasteiger partial charge is 0.255 e. The maximum absolute atomic E-state index is 13.2. The number of carbonyl (C=O) groups is 2. The van der Waals surface area contributed by atoms with Crippen molar-refractivity contribution in [3.8, 4) is 5.75 Å². The van der Waals surface area contributed by atoms with Crippen LogP contribution in [0.3, 0.4) is 0 Å². The van der Waals surface area contributed by atoms with Crippen molar-refractivity contribution in [3.63, 3.8) is 0 Å². The van der Waals surface area contributed by atoms with E-state index in [1.165, 1.54) is 0 Å². The number of benzene rings is 3. The van der Waals surface area contributed by atoms with Crippen LogP contribution >= 0.6 is 12.4 Å². The molecule has 1 fully saturated rings. The van der Waals surface area contributed by atoms with E-state index in [1.807, 2.05) is 61.5 Å². The van der Waals surface area contributed by atoms with Crippen molar-refractivity contribution in [1.82, 2.24) is 4.90 Å². The van der Waals surface area contributed by atoms with Gasteiger partial charge in [-0.05, 0) is 62.8 Å². The third-order valence-corrected chi connectivity index (χ3v) is 6.64. The average molecular weight is 538 g/mol. The Morgan fingerprint density at radius 3 is 2.34 bits per heavy atom. The molecule has 1 amide bonds. The zero-order valence-electron chi connectivity index (χ0n) is 22.0. The molecule has 1 aliphatic heterocycles. The third-order valence-electron chi connectivity index (χ3n) is 6.64. The van der Waals surface area contributed by atoms with Crippen LogP contribution in [0.2, 0.25) is 0 Å². The third kappa shape index (κ3) is 7.57. The molecule has 3 aromatic carbocycles. The summed E-state index contributed by atoms with van der Waals surface area (Å²) >= 11 is 0. The normalized spacial score (nSPS) is 13.8. The topological polar surface area (TPSA) is 82.1 Å². The number of likely N-dealkylation sites (N-methyl/N-ethyl adjacent to an activating group) is 1. The van der Waals surface area contributed by atoms with Crippen LogP contribution in [0.4, 0.5) is 11.4 Å². The molecule has 0 radical (unpaired) electrons. The van der Waals surface area contributed by atoms with E-state index >= 15 is 0 Å². The van der Waals surface area contributed by atoms with Crippen LogP contribution in [0, 0.1) is 6.92 Å². The van der Waals surface area contributed by atoms with Gasteiger partial charge in [0.25, 0.3) is 5.91 Å². The van der Waals surface area contributed by atoms with Gasteiger partial charge in [-0.15, -0.1) is 12.4 Å². The van der Waals surface area contributed by atoms with E-state index in [4.69, 9.17) is 4.74 Å². The molecular weight excluding hydrogens is 502 g/mol. The largest absolute Gasteiger partial charge is 0.489 e. The Hall–Kier alpha value is -3.39. The molecule has 0 aromatic heterocycles. The highest BCUT2D eigenvalue weighted by atomic mass is 35.5. The number of ether oxygens (including phenoxy) is 1. The van der Waals surface area contributed by atoms with Crippen molar-refractivity contribution >= 4 is 35.5 Å². The van der Waals surface area contributed by atoms with Crippen LogP contribution in [0.15, 0.2) is 66.7 Å². The van der Waals surface area contributed by atoms with E-state index in [9.17, 15) is 14.7 Å². The molecular formula is C30H36ClN3O4. The molecule has 1 aliphatic rings. The van der Waals surface area contributed by atoms with E-state index in [-0.39, 0.29) is 43.7 Å². The van der Waals surface area contributed by atoms with E-state index < -0.39 is 0 Å². The van der Waals surface area contributed by atoms with Gasteiger partial charge in [0.15, 0.2) is 5.78 Å². The molecule has 7 nitrogen and oxygen atoms in total. The predicted molar refractivity (Wildman–Crippen MR) is 154 cm³/mol. The average Bonchev–Trinajstić information content (AvgIpc) is 3.13. The van der Waals surface area contributed by atoms with Crippen LogP contribution in [-0.4, -0.2) is 68.1 Å². The van der Waals surface area contributed by atoms with Crippen molar-refractivity contribution in [2.45, 2.75) is 19.8 Å². The highest BCUT2D eigenvalue weighted by molar-refractivity contribution is 6.06. The van der Waals surface area contributed by atoms with Crippen molar-refractivity contribution in [2.24, 2.45) is 0 Å². The first-order valence-corrected chi connectivity index (χ1v) is 12.7. The van der Waals surface area contributed by atoms with Gasteiger partial charge in [-0.2, -0.15) is 0 Å². The van der Waals surface area contributed by atoms with Crippen molar-refractivity contribution in [3.05, 3.63) is 89.0 Å². The number of nitrogens with one attached hydrogen (secondary N) is 1. The van der Waals surface area contributed by atoms with Gasteiger partial charge in [0.1, 0.15) is 12.4 Å². The summed E-state index contributed by atoms with van der Waals surface area (Å²) in [5, 5.41) is 12.2. The SMILES string of the molecule is Cc1ccc(C(=O)Cc2cccc(OCCO)c2NC(=O)c2ccc(N3CCCN(C)CC3)cc2)cc1.Cl. The van der Waals surface area contributed by atoms with Gasteiger partial charge in [-0.3, -0.25) is 9.59 Å². The fourth-order valence-corrected chi connectivity index (χ4v) is 4.47. The lowest BCUT2D eigenvalue weighted by atomic mass is 10.00. The van der Waals surface area contributed by atoms with E-state index in [1.54, 1.807) is 12.1 Å². The number of aliphatic hydroxyl groups excluding tert-OH is 1. The second-order valence-corrected chi connectivity index (χ2v) is 9.47. The Balaban J connectivity index is 0.00000400. The van der Waals surface area contributed by atoms with Crippen molar-refractivity contribution in [1.29, 1.82) is 0 Å². The lowest BCUT2D eigenvalue weighted by Crippen LogP contribution is -2.28. The summed E-state index contributed by atoms with van der Waals surface area (Å²) in [5.74, 6) is 0.0791. The number of ketones is 1. The number of nitrogens with zero attached hydrogens (tertiary/aromatic N) is 2. The molecule has 202 valence electrons. The molecule has 2 N–H and O–H groups in total. The molecule has 0 bridgehead atoms. The predicted octanol–water partition coefficient (Wildman–Crippen LogP) is 4.61.